The van der Waals surface area contributed by atoms with Gasteiger partial charge in [-0.25, -0.2) is 4.79 Å². The van der Waals surface area contributed by atoms with E-state index in [0.717, 1.165) is 0 Å². The molecule has 0 aliphatic carbocycles. The van der Waals surface area contributed by atoms with Gasteiger partial charge in [0.1, 0.15) is 6.10 Å². The first-order valence-corrected chi connectivity index (χ1v) is 4.49. The van der Waals surface area contributed by atoms with Crippen LogP contribution < -0.4 is 0 Å². The maximum atomic E-state index is 11.0. The van der Waals surface area contributed by atoms with Crippen LogP contribution in [0, 0.1) is 0 Å². The fourth-order valence-corrected chi connectivity index (χ4v) is 1.54. The van der Waals surface area contributed by atoms with Gasteiger partial charge < -0.3 is 19.3 Å². The molecule has 1 saturated heterocycles. The number of carbonyl (C=O) groups excluding carboxylic acids is 1. The molecule has 0 aromatic heterocycles. The van der Waals surface area contributed by atoms with Gasteiger partial charge in [-0.15, -0.1) is 0 Å². The molecule has 1 rings (SSSR count). The molecule has 14 heavy (non-hydrogen) atoms. The van der Waals surface area contributed by atoms with Gasteiger partial charge in [-0.05, 0) is 20.8 Å². The predicted octanol–water partition coefficient (Wildman–Crippen LogP) is 0.0603. The second-order valence-corrected chi connectivity index (χ2v) is 3.77. The Balaban J connectivity index is 2.66. The van der Waals surface area contributed by atoms with Crippen molar-refractivity contribution >= 4 is 5.97 Å². The predicted molar refractivity (Wildman–Crippen MR) is 47.5 cm³/mol. The molecule has 0 spiro atoms. The van der Waals surface area contributed by atoms with Crippen molar-refractivity contribution in [2.24, 2.45) is 0 Å². The molecule has 5 nitrogen and oxygen atoms in total. The lowest BCUT2D eigenvalue weighted by molar-refractivity contribution is -0.170. The summed E-state index contributed by atoms with van der Waals surface area (Å²) in [5.41, 5.74) is 0. The number of esters is 1. The topological polar surface area (TPSA) is 65.0 Å². The molecule has 1 heterocycles. The molecule has 1 aliphatic heterocycles. The first kappa shape index (κ1) is 11.4. The van der Waals surface area contributed by atoms with E-state index in [2.05, 4.69) is 4.74 Å². The Hall–Kier alpha value is -0.650. The van der Waals surface area contributed by atoms with Gasteiger partial charge in [-0.2, -0.15) is 0 Å². The Morgan fingerprint density at radius 2 is 2.07 bits per heavy atom. The smallest absolute Gasteiger partial charge is 0.337 e. The van der Waals surface area contributed by atoms with Crippen LogP contribution in [0.5, 0.6) is 0 Å². The maximum absolute atomic E-state index is 11.0. The largest absolute Gasteiger partial charge is 0.467 e. The standard InChI is InChI=1S/C9H16O5/c1-5-7(6(10)8(11)12-4)14-9(2,3)13-5/h5-7,10H,1-4H3/t5-,6-,7+/m1/s1. The van der Waals surface area contributed by atoms with Gasteiger partial charge in [0.25, 0.3) is 0 Å². The van der Waals surface area contributed by atoms with E-state index in [0.29, 0.717) is 0 Å². The van der Waals surface area contributed by atoms with E-state index >= 15 is 0 Å². The van der Waals surface area contributed by atoms with Gasteiger partial charge in [0.05, 0.1) is 13.2 Å². The van der Waals surface area contributed by atoms with E-state index in [1.54, 1.807) is 20.8 Å². The molecule has 1 fully saturated rings. The molecule has 5 heteroatoms. The van der Waals surface area contributed by atoms with Crippen molar-refractivity contribution in [3.8, 4) is 0 Å². The highest BCUT2D eigenvalue weighted by molar-refractivity contribution is 5.75. The van der Waals surface area contributed by atoms with Gasteiger partial charge >= 0.3 is 5.97 Å². The average Bonchev–Trinajstić information content (AvgIpc) is 2.37. The highest BCUT2D eigenvalue weighted by atomic mass is 16.8. The van der Waals surface area contributed by atoms with Crippen LogP contribution in [0.2, 0.25) is 0 Å². The molecule has 1 N–H and O–H groups in total. The van der Waals surface area contributed by atoms with Crippen LogP contribution in [0.4, 0.5) is 0 Å². The van der Waals surface area contributed by atoms with Gasteiger partial charge in [0.15, 0.2) is 11.9 Å². The number of methoxy groups -OCH3 is 1. The van der Waals surface area contributed by atoms with Crippen LogP contribution in [-0.2, 0) is 19.0 Å². The third-order valence-corrected chi connectivity index (χ3v) is 2.11. The van der Waals surface area contributed by atoms with Crippen molar-refractivity contribution < 1.29 is 24.1 Å². The van der Waals surface area contributed by atoms with E-state index in [1.165, 1.54) is 7.11 Å². The minimum Gasteiger partial charge on any atom is -0.467 e. The molecule has 3 atom stereocenters. The molecule has 0 saturated carbocycles. The van der Waals surface area contributed by atoms with E-state index in [4.69, 9.17) is 9.47 Å². The van der Waals surface area contributed by atoms with Crippen molar-refractivity contribution in [2.75, 3.05) is 7.11 Å². The summed E-state index contributed by atoms with van der Waals surface area (Å²) in [4.78, 5) is 11.0. The van der Waals surface area contributed by atoms with Crippen LogP contribution in [0.25, 0.3) is 0 Å². The maximum Gasteiger partial charge on any atom is 0.337 e. The molecule has 1 aliphatic rings. The summed E-state index contributed by atoms with van der Waals surface area (Å²) in [7, 11) is 1.22. The number of aliphatic hydroxyl groups excluding tert-OH is 1. The second kappa shape index (κ2) is 3.84. The zero-order valence-corrected chi connectivity index (χ0v) is 8.81. The van der Waals surface area contributed by atoms with Crippen molar-refractivity contribution in [1.82, 2.24) is 0 Å². The van der Waals surface area contributed by atoms with Crippen LogP contribution in [0.15, 0.2) is 0 Å². The third kappa shape index (κ3) is 2.23. The lowest BCUT2D eigenvalue weighted by Gasteiger charge is -2.19. The van der Waals surface area contributed by atoms with E-state index in [9.17, 15) is 9.90 Å². The summed E-state index contributed by atoms with van der Waals surface area (Å²) in [5, 5.41) is 9.54. The summed E-state index contributed by atoms with van der Waals surface area (Å²) in [6.45, 7) is 5.20. The number of carbonyl (C=O) groups is 1. The Bertz CT molecular complexity index is 225. The third-order valence-electron chi connectivity index (χ3n) is 2.11. The highest BCUT2D eigenvalue weighted by Crippen LogP contribution is 2.29. The number of ether oxygens (including phenoxy) is 3. The second-order valence-electron chi connectivity index (χ2n) is 3.77. The normalized spacial score (nSPS) is 32.6. The van der Waals surface area contributed by atoms with Gasteiger partial charge in [-0.1, -0.05) is 0 Å². The molecule has 0 amide bonds. The summed E-state index contributed by atoms with van der Waals surface area (Å²) in [6.07, 6.45) is -2.30. The lowest BCUT2D eigenvalue weighted by Crippen LogP contribution is -2.40. The Morgan fingerprint density at radius 1 is 1.50 bits per heavy atom. The summed E-state index contributed by atoms with van der Waals surface area (Å²) in [6, 6.07) is 0. The van der Waals surface area contributed by atoms with Gasteiger partial charge in [-0.3, -0.25) is 0 Å². The fraction of sp³-hybridized carbons (Fsp3) is 0.889. The Kier molecular flexibility index (Phi) is 3.14. The average molecular weight is 204 g/mol. The number of hydrogen-bond acceptors (Lipinski definition) is 5. The van der Waals surface area contributed by atoms with E-state index in [1.807, 2.05) is 0 Å². The summed E-state index contributed by atoms with van der Waals surface area (Å²) < 4.78 is 15.2. The van der Waals surface area contributed by atoms with Crippen molar-refractivity contribution in [3.05, 3.63) is 0 Å². The molecular formula is C9H16O5. The van der Waals surface area contributed by atoms with E-state index in [-0.39, 0.29) is 6.10 Å². The summed E-state index contributed by atoms with van der Waals surface area (Å²) in [5.74, 6) is -1.47. The molecule has 0 radical (unpaired) electrons. The van der Waals surface area contributed by atoms with Crippen molar-refractivity contribution in [1.29, 1.82) is 0 Å². The zero-order chi connectivity index (χ0) is 10.9. The van der Waals surface area contributed by atoms with Crippen LogP contribution in [-0.4, -0.2) is 42.3 Å². The van der Waals surface area contributed by atoms with E-state index < -0.39 is 24.0 Å². The molecule has 0 aromatic carbocycles. The van der Waals surface area contributed by atoms with Crippen LogP contribution >= 0.6 is 0 Å². The minimum absolute atomic E-state index is 0.334. The first-order chi connectivity index (χ1) is 6.37. The Labute approximate surface area is 82.9 Å². The minimum atomic E-state index is -1.29. The quantitative estimate of drug-likeness (QED) is 0.644. The first-order valence-electron chi connectivity index (χ1n) is 4.49. The number of rotatable bonds is 2. The van der Waals surface area contributed by atoms with Gasteiger partial charge in [0.2, 0.25) is 0 Å². The number of aliphatic hydroxyl groups is 1. The highest BCUT2D eigenvalue weighted by Gasteiger charge is 2.45. The fourth-order valence-electron chi connectivity index (χ4n) is 1.54. The molecule has 0 unspecified atom stereocenters. The molecule has 0 bridgehead atoms. The monoisotopic (exact) mass is 204 g/mol. The van der Waals surface area contributed by atoms with Gasteiger partial charge in [0, 0.05) is 0 Å². The Morgan fingerprint density at radius 3 is 2.43 bits per heavy atom. The van der Waals surface area contributed by atoms with Crippen LogP contribution in [0.1, 0.15) is 20.8 Å². The van der Waals surface area contributed by atoms with Crippen molar-refractivity contribution in [3.63, 3.8) is 0 Å². The molecular weight excluding hydrogens is 188 g/mol. The summed E-state index contributed by atoms with van der Waals surface area (Å²) >= 11 is 0. The lowest BCUT2D eigenvalue weighted by atomic mass is 10.1. The number of hydrogen-bond donors (Lipinski definition) is 1. The van der Waals surface area contributed by atoms with Crippen molar-refractivity contribution in [2.45, 2.75) is 44.9 Å². The molecule has 0 aromatic rings. The zero-order valence-electron chi connectivity index (χ0n) is 8.81. The SMILES string of the molecule is COC(=O)[C@H](O)[C@H]1OC(C)(C)O[C@@H]1C. The molecule has 82 valence electrons. The van der Waals surface area contributed by atoms with Crippen LogP contribution in [0.3, 0.4) is 0 Å².